The van der Waals surface area contributed by atoms with Crippen molar-refractivity contribution in [1.82, 2.24) is 15.1 Å². The molecular formula is C14H15N3O3. The third-order valence-electron chi connectivity index (χ3n) is 2.88. The lowest BCUT2D eigenvalue weighted by Gasteiger charge is -2.06. The molecule has 2 rings (SSSR count). The Morgan fingerprint density at radius 3 is 2.50 bits per heavy atom. The van der Waals surface area contributed by atoms with Gasteiger partial charge in [-0.25, -0.2) is 4.79 Å². The number of hydrogen-bond donors (Lipinski definition) is 1. The Balaban J connectivity index is 1.96. The number of benzene rings is 1. The summed E-state index contributed by atoms with van der Waals surface area (Å²) in [5.41, 5.74) is 1.87. The lowest BCUT2D eigenvalue weighted by Crippen LogP contribution is -2.25. The van der Waals surface area contributed by atoms with E-state index in [1.807, 2.05) is 0 Å². The van der Waals surface area contributed by atoms with Gasteiger partial charge in [0.05, 0.1) is 12.7 Å². The monoisotopic (exact) mass is 273 g/mol. The van der Waals surface area contributed by atoms with Gasteiger partial charge in [-0.15, -0.1) is 0 Å². The number of nitrogens with zero attached hydrogens (tertiary/aromatic N) is 2. The predicted molar refractivity (Wildman–Crippen MR) is 72.2 cm³/mol. The maximum atomic E-state index is 11.9. The van der Waals surface area contributed by atoms with E-state index in [4.69, 9.17) is 0 Å². The summed E-state index contributed by atoms with van der Waals surface area (Å²) in [6, 6.07) is 8.52. The summed E-state index contributed by atoms with van der Waals surface area (Å²) in [6.45, 7) is 0.380. The van der Waals surface area contributed by atoms with E-state index in [9.17, 15) is 9.59 Å². The summed E-state index contributed by atoms with van der Waals surface area (Å²) in [6.07, 6.45) is 1.57. The highest BCUT2D eigenvalue weighted by molar-refractivity contribution is 5.92. The minimum Gasteiger partial charge on any atom is -0.465 e. The van der Waals surface area contributed by atoms with Crippen LogP contribution in [-0.2, 0) is 18.3 Å². The Morgan fingerprint density at radius 2 is 1.95 bits per heavy atom. The van der Waals surface area contributed by atoms with Crippen molar-refractivity contribution >= 4 is 11.9 Å². The van der Waals surface area contributed by atoms with Crippen molar-refractivity contribution < 1.29 is 14.3 Å². The molecule has 1 amide bonds. The van der Waals surface area contributed by atoms with Gasteiger partial charge in [-0.2, -0.15) is 5.10 Å². The second-order valence-electron chi connectivity index (χ2n) is 4.21. The number of carbonyl (C=O) groups is 2. The van der Waals surface area contributed by atoms with Crippen LogP contribution in [0.4, 0.5) is 0 Å². The molecule has 0 radical (unpaired) electrons. The first kappa shape index (κ1) is 13.8. The van der Waals surface area contributed by atoms with Crippen molar-refractivity contribution in [1.29, 1.82) is 0 Å². The highest BCUT2D eigenvalue weighted by Crippen LogP contribution is 2.06. The second-order valence-corrected chi connectivity index (χ2v) is 4.21. The van der Waals surface area contributed by atoms with E-state index in [0.29, 0.717) is 17.8 Å². The largest absolute Gasteiger partial charge is 0.465 e. The predicted octanol–water partition coefficient (Wildman–Crippen LogP) is 1.14. The average molecular weight is 273 g/mol. The number of esters is 1. The molecule has 6 nitrogen and oxygen atoms in total. The molecule has 0 atom stereocenters. The lowest BCUT2D eigenvalue weighted by molar-refractivity contribution is 0.0600. The van der Waals surface area contributed by atoms with Crippen molar-refractivity contribution in [3.05, 3.63) is 53.3 Å². The highest BCUT2D eigenvalue weighted by Gasteiger charge is 2.09. The van der Waals surface area contributed by atoms with Crippen LogP contribution in [0.15, 0.2) is 36.5 Å². The number of methoxy groups -OCH3 is 1. The fraction of sp³-hybridized carbons (Fsp3) is 0.214. The van der Waals surface area contributed by atoms with Crippen LogP contribution < -0.4 is 5.32 Å². The smallest absolute Gasteiger partial charge is 0.337 e. The minimum atomic E-state index is -0.379. The second kappa shape index (κ2) is 6.01. The molecule has 0 aliphatic rings. The highest BCUT2D eigenvalue weighted by atomic mass is 16.5. The molecular weight excluding hydrogens is 258 g/mol. The van der Waals surface area contributed by atoms with Gasteiger partial charge >= 0.3 is 5.97 Å². The molecule has 2 aromatic rings. The number of nitrogens with one attached hydrogen (secondary N) is 1. The number of amides is 1. The van der Waals surface area contributed by atoms with Gasteiger partial charge < -0.3 is 10.1 Å². The van der Waals surface area contributed by atoms with E-state index < -0.39 is 0 Å². The zero-order chi connectivity index (χ0) is 14.5. The van der Waals surface area contributed by atoms with Crippen LogP contribution in [0.25, 0.3) is 0 Å². The van der Waals surface area contributed by atoms with E-state index in [2.05, 4.69) is 15.2 Å². The summed E-state index contributed by atoms with van der Waals surface area (Å²) < 4.78 is 6.13. The molecule has 0 bridgehead atoms. The van der Waals surface area contributed by atoms with E-state index in [-0.39, 0.29) is 11.9 Å². The van der Waals surface area contributed by atoms with Crippen molar-refractivity contribution in [3.8, 4) is 0 Å². The van der Waals surface area contributed by atoms with E-state index >= 15 is 0 Å². The topological polar surface area (TPSA) is 73.2 Å². The van der Waals surface area contributed by atoms with Crippen molar-refractivity contribution in [3.63, 3.8) is 0 Å². The first-order chi connectivity index (χ1) is 9.61. The molecule has 0 aliphatic heterocycles. The third kappa shape index (κ3) is 3.03. The molecule has 0 saturated heterocycles. The Morgan fingerprint density at radius 1 is 1.25 bits per heavy atom. The van der Waals surface area contributed by atoms with E-state index in [1.165, 1.54) is 11.8 Å². The number of rotatable bonds is 4. The van der Waals surface area contributed by atoms with Gasteiger partial charge in [-0.05, 0) is 23.8 Å². The lowest BCUT2D eigenvalue weighted by atomic mass is 10.1. The molecule has 1 aromatic heterocycles. The van der Waals surface area contributed by atoms with E-state index in [0.717, 1.165) is 5.56 Å². The van der Waals surface area contributed by atoms with Crippen LogP contribution >= 0.6 is 0 Å². The van der Waals surface area contributed by atoms with Crippen LogP contribution in [0.5, 0.6) is 0 Å². The standard InChI is InChI=1S/C14H15N3O3/c1-17-12(7-8-16-17)13(18)15-9-10-3-5-11(6-4-10)14(19)20-2/h3-8H,9H2,1-2H3,(H,15,18). The molecule has 0 spiro atoms. The summed E-state index contributed by atoms with van der Waals surface area (Å²) in [5, 5.41) is 6.73. The summed E-state index contributed by atoms with van der Waals surface area (Å²) in [5.74, 6) is -0.572. The SMILES string of the molecule is COC(=O)c1ccc(CNC(=O)c2ccnn2C)cc1. The van der Waals surface area contributed by atoms with Crippen LogP contribution in [0, 0.1) is 0 Å². The van der Waals surface area contributed by atoms with Gasteiger partial charge in [0.25, 0.3) is 5.91 Å². The van der Waals surface area contributed by atoms with Crippen LogP contribution in [0.2, 0.25) is 0 Å². The number of aromatic nitrogens is 2. The number of aryl methyl sites for hydroxylation is 1. The number of ether oxygens (including phenoxy) is 1. The van der Waals surface area contributed by atoms with E-state index in [1.54, 1.807) is 43.6 Å². The molecule has 1 heterocycles. The number of hydrogen-bond acceptors (Lipinski definition) is 4. The zero-order valence-electron chi connectivity index (χ0n) is 11.3. The van der Waals surface area contributed by atoms with Crippen molar-refractivity contribution in [2.75, 3.05) is 7.11 Å². The van der Waals surface area contributed by atoms with Crippen molar-refractivity contribution in [2.45, 2.75) is 6.54 Å². The molecule has 0 aliphatic carbocycles. The normalized spacial score (nSPS) is 10.1. The van der Waals surface area contributed by atoms with Crippen molar-refractivity contribution in [2.24, 2.45) is 7.05 Å². The van der Waals surface area contributed by atoms with Crippen LogP contribution in [0.1, 0.15) is 26.4 Å². The first-order valence-electron chi connectivity index (χ1n) is 6.05. The Kier molecular flexibility index (Phi) is 4.14. The molecule has 104 valence electrons. The first-order valence-corrected chi connectivity index (χ1v) is 6.05. The average Bonchev–Trinajstić information content (AvgIpc) is 2.90. The van der Waals surface area contributed by atoms with Gasteiger partial charge in [0, 0.05) is 19.8 Å². The molecule has 1 aromatic carbocycles. The maximum Gasteiger partial charge on any atom is 0.337 e. The summed E-state index contributed by atoms with van der Waals surface area (Å²) >= 11 is 0. The molecule has 1 N–H and O–H groups in total. The Hall–Kier alpha value is -2.63. The molecule has 0 unspecified atom stereocenters. The molecule has 20 heavy (non-hydrogen) atoms. The van der Waals surface area contributed by atoms with Gasteiger partial charge in [0.15, 0.2) is 0 Å². The summed E-state index contributed by atoms with van der Waals surface area (Å²) in [4.78, 5) is 23.2. The van der Waals surface area contributed by atoms with Gasteiger partial charge in [0.1, 0.15) is 5.69 Å². The van der Waals surface area contributed by atoms with Gasteiger partial charge in [-0.3, -0.25) is 9.48 Å². The molecule has 0 fully saturated rings. The number of carbonyl (C=O) groups excluding carboxylic acids is 2. The van der Waals surface area contributed by atoms with Crippen LogP contribution in [-0.4, -0.2) is 28.8 Å². The Labute approximate surface area is 116 Å². The quantitative estimate of drug-likeness (QED) is 0.848. The minimum absolute atomic E-state index is 0.193. The zero-order valence-corrected chi connectivity index (χ0v) is 11.3. The van der Waals surface area contributed by atoms with Crippen LogP contribution in [0.3, 0.4) is 0 Å². The summed E-state index contributed by atoms with van der Waals surface area (Å²) in [7, 11) is 3.05. The Bertz CT molecular complexity index is 617. The fourth-order valence-corrected chi connectivity index (χ4v) is 1.75. The maximum absolute atomic E-state index is 11.9. The fourth-order valence-electron chi connectivity index (χ4n) is 1.75. The third-order valence-corrected chi connectivity index (χ3v) is 2.88. The van der Waals surface area contributed by atoms with Gasteiger partial charge in [-0.1, -0.05) is 12.1 Å². The van der Waals surface area contributed by atoms with Gasteiger partial charge in [0.2, 0.25) is 0 Å². The molecule has 6 heteroatoms. The molecule has 0 saturated carbocycles.